The molecular weight excluding hydrogens is 756 g/mol. The molecule has 12 heteroatoms. The monoisotopic (exact) mass is 766 g/mol. The Bertz CT molecular complexity index is 936. The number of carbonyl (C=O) groups is 2. The van der Waals surface area contributed by atoms with E-state index < -0.39 is 41.3 Å². The minimum atomic E-state index is -5.50. The Labute approximate surface area is 208 Å². The smallest absolute Gasteiger partial charge is 0.431 e. The molecule has 0 bridgehead atoms. The standard InChI is InChI=1S/C18H10F5I3O4/c1-17(19,20)16(18(21,22)23)30-15(28)10-5-3-2-4-9(10)14(27)29-13-11(25)6-8(24)7-12(13)26/h2-7,16H,1H3. The highest BCUT2D eigenvalue weighted by atomic mass is 127. The number of halogens is 8. The van der Waals surface area contributed by atoms with Gasteiger partial charge in [-0.05, 0) is 92.0 Å². The van der Waals surface area contributed by atoms with Crippen LogP contribution in [-0.2, 0) is 4.74 Å². The number of hydrogen-bond acceptors (Lipinski definition) is 4. The summed E-state index contributed by atoms with van der Waals surface area (Å²) in [5, 5.41) is 0. The molecule has 1 atom stereocenters. The number of esters is 2. The summed E-state index contributed by atoms with van der Waals surface area (Å²) in [6.07, 6.45) is -9.17. The Balaban J connectivity index is 2.36. The highest BCUT2D eigenvalue weighted by Gasteiger charge is 2.56. The summed E-state index contributed by atoms with van der Waals surface area (Å²) in [5.41, 5.74) is -1.05. The van der Waals surface area contributed by atoms with Crippen molar-refractivity contribution in [1.29, 1.82) is 0 Å². The maximum absolute atomic E-state index is 13.3. The molecule has 30 heavy (non-hydrogen) atoms. The van der Waals surface area contributed by atoms with Gasteiger partial charge in [0.1, 0.15) is 0 Å². The van der Waals surface area contributed by atoms with Crippen LogP contribution in [0.1, 0.15) is 27.6 Å². The summed E-state index contributed by atoms with van der Waals surface area (Å²) < 4.78 is 76.8. The molecule has 0 spiro atoms. The van der Waals surface area contributed by atoms with Crippen molar-refractivity contribution in [2.24, 2.45) is 0 Å². The molecule has 0 saturated heterocycles. The van der Waals surface area contributed by atoms with E-state index in [1.807, 2.05) is 45.2 Å². The third-order valence-electron chi connectivity index (χ3n) is 3.51. The molecule has 0 aliphatic rings. The van der Waals surface area contributed by atoms with Crippen LogP contribution in [0, 0.1) is 10.7 Å². The van der Waals surface area contributed by atoms with Crippen LogP contribution in [0.3, 0.4) is 0 Å². The first-order valence-electron chi connectivity index (χ1n) is 7.83. The zero-order valence-electron chi connectivity index (χ0n) is 14.7. The van der Waals surface area contributed by atoms with E-state index in [9.17, 15) is 31.5 Å². The van der Waals surface area contributed by atoms with Gasteiger partial charge in [0.25, 0.3) is 12.0 Å². The van der Waals surface area contributed by atoms with Crippen molar-refractivity contribution >= 4 is 79.7 Å². The van der Waals surface area contributed by atoms with Gasteiger partial charge in [-0.2, -0.15) is 13.2 Å². The first kappa shape index (κ1) is 25.5. The molecular formula is C18H10F5I3O4. The van der Waals surface area contributed by atoms with Crippen molar-refractivity contribution in [3.63, 3.8) is 0 Å². The Kier molecular flexibility index (Phi) is 8.31. The van der Waals surface area contributed by atoms with Gasteiger partial charge in [-0.1, -0.05) is 12.1 Å². The maximum atomic E-state index is 13.3. The van der Waals surface area contributed by atoms with Gasteiger partial charge in [-0.15, -0.1) is 0 Å². The molecule has 1 unspecified atom stereocenters. The van der Waals surface area contributed by atoms with Crippen LogP contribution in [0.15, 0.2) is 36.4 Å². The largest absolute Gasteiger partial charge is 0.443 e. The lowest BCUT2D eigenvalue weighted by Crippen LogP contribution is -2.46. The van der Waals surface area contributed by atoms with Gasteiger partial charge >= 0.3 is 18.1 Å². The average molecular weight is 766 g/mol. The molecule has 162 valence electrons. The fourth-order valence-corrected chi connectivity index (χ4v) is 6.04. The van der Waals surface area contributed by atoms with E-state index in [0.29, 0.717) is 7.14 Å². The summed E-state index contributed by atoms with van der Waals surface area (Å²) in [6.45, 7) is -0.0146. The van der Waals surface area contributed by atoms with Crippen LogP contribution >= 0.6 is 67.8 Å². The second-order valence-corrected chi connectivity index (χ2v) is 9.49. The lowest BCUT2D eigenvalue weighted by molar-refractivity contribution is -0.263. The molecule has 4 nitrogen and oxygen atoms in total. The molecule has 0 saturated carbocycles. The van der Waals surface area contributed by atoms with Gasteiger partial charge in [-0.3, -0.25) is 0 Å². The lowest BCUT2D eigenvalue weighted by Gasteiger charge is -2.25. The minimum absolute atomic E-state index is 0.0146. The molecule has 0 radical (unpaired) electrons. The number of carbonyl (C=O) groups excluding carboxylic acids is 2. The Morgan fingerprint density at radius 1 is 0.900 bits per heavy atom. The SMILES string of the molecule is CC(F)(F)C(OC(=O)c1ccccc1C(=O)Oc1c(I)cc(I)cc1I)C(F)(F)F. The molecule has 0 aliphatic heterocycles. The van der Waals surface area contributed by atoms with Gasteiger partial charge in [0.05, 0.1) is 18.3 Å². The Hall–Kier alpha value is -0.780. The van der Waals surface area contributed by atoms with Crippen LogP contribution in [0.25, 0.3) is 0 Å². The minimum Gasteiger partial charge on any atom is -0.443 e. The molecule has 0 fully saturated rings. The molecule has 2 aromatic rings. The van der Waals surface area contributed by atoms with E-state index in [-0.39, 0.29) is 12.7 Å². The van der Waals surface area contributed by atoms with Crippen LogP contribution in [-0.4, -0.2) is 30.1 Å². The predicted molar refractivity (Wildman–Crippen MR) is 122 cm³/mol. The fourth-order valence-electron chi connectivity index (χ4n) is 2.24. The first-order chi connectivity index (χ1) is 13.7. The van der Waals surface area contributed by atoms with Crippen molar-refractivity contribution in [3.8, 4) is 5.75 Å². The molecule has 0 aliphatic carbocycles. The van der Waals surface area contributed by atoms with Crippen molar-refractivity contribution in [2.75, 3.05) is 0 Å². The zero-order chi connectivity index (χ0) is 22.9. The summed E-state index contributed by atoms with van der Waals surface area (Å²) in [7, 11) is 0. The van der Waals surface area contributed by atoms with Gasteiger partial charge in [0.2, 0.25) is 0 Å². The fraction of sp³-hybridized carbons (Fsp3) is 0.222. The van der Waals surface area contributed by atoms with E-state index in [0.717, 1.165) is 15.7 Å². The van der Waals surface area contributed by atoms with Gasteiger partial charge in [-0.25, -0.2) is 18.4 Å². The maximum Gasteiger partial charge on any atom is 0.431 e. The summed E-state index contributed by atoms with van der Waals surface area (Å²) in [4.78, 5) is 24.8. The normalized spacial score (nSPS) is 13.0. The quantitative estimate of drug-likeness (QED) is 0.152. The van der Waals surface area contributed by atoms with E-state index in [4.69, 9.17) is 4.74 Å². The van der Waals surface area contributed by atoms with E-state index in [2.05, 4.69) is 27.3 Å². The topological polar surface area (TPSA) is 52.6 Å². The number of ether oxygens (including phenoxy) is 2. The number of hydrogen-bond donors (Lipinski definition) is 0. The Morgan fingerprint density at radius 2 is 1.37 bits per heavy atom. The van der Waals surface area contributed by atoms with Gasteiger partial charge < -0.3 is 9.47 Å². The summed E-state index contributed by atoms with van der Waals surface area (Å²) in [5.74, 6) is -6.96. The molecule has 0 aromatic heterocycles. The molecule has 2 aromatic carbocycles. The van der Waals surface area contributed by atoms with Crippen molar-refractivity contribution in [2.45, 2.75) is 25.1 Å². The van der Waals surface area contributed by atoms with Crippen molar-refractivity contribution in [3.05, 3.63) is 58.2 Å². The molecule has 2 rings (SSSR count). The molecule has 0 heterocycles. The van der Waals surface area contributed by atoms with E-state index in [1.54, 1.807) is 12.1 Å². The van der Waals surface area contributed by atoms with Crippen LogP contribution in [0.4, 0.5) is 22.0 Å². The van der Waals surface area contributed by atoms with Crippen molar-refractivity contribution < 1.29 is 41.0 Å². The Morgan fingerprint density at radius 3 is 1.80 bits per heavy atom. The highest BCUT2D eigenvalue weighted by molar-refractivity contribution is 14.1. The van der Waals surface area contributed by atoms with Gasteiger partial charge in [0.15, 0.2) is 5.75 Å². The summed E-state index contributed by atoms with van der Waals surface area (Å²) >= 11 is 5.93. The average Bonchev–Trinajstić information content (AvgIpc) is 2.60. The van der Waals surface area contributed by atoms with Gasteiger partial charge in [0, 0.05) is 10.5 Å². The van der Waals surface area contributed by atoms with E-state index in [1.165, 1.54) is 12.1 Å². The third-order valence-corrected chi connectivity index (χ3v) is 5.73. The third kappa shape index (κ3) is 6.37. The highest BCUT2D eigenvalue weighted by Crippen LogP contribution is 2.35. The number of rotatable bonds is 5. The second-order valence-electron chi connectivity index (χ2n) is 5.92. The predicted octanol–water partition coefficient (Wildman–Crippen LogP) is 6.46. The van der Waals surface area contributed by atoms with Crippen LogP contribution < -0.4 is 4.74 Å². The second kappa shape index (κ2) is 9.79. The van der Waals surface area contributed by atoms with Crippen LogP contribution in [0.5, 0.6) is 5.75 Å². The number of alkyl halides is 5. The van der Waals surface area contributed by atoms with E-state index >= 15 is 0 Å². The van der Waals surface area contributed by atoms with Crippen LogP contribution in [0.2, 0.25) is 0 Å². The number of benzene rings is 2. The first-order valence-corrected chi connectivity index (χ1v) is 11.1. The lowest BCUT2D eigenvalue weighted by atomic mass is 10.1. The molecule has 0 amide bonds. The molecule has 0 N–H and O–H groups in total. The zero-order valence-corrected chi connectivity index (χ0v) is 21.2. The summed E-state index contributed by atoms with van der Waals surface area (Å²) in [6, 6.07) is 8.15. The van der Waals surface area contributed by atoms with Crippen molar-refractivity contribution in [1.82, 2.24) is 0 Å².